The summed E-state index contributed by atoms with van der Waals surface area (Å²) < 4.78 is 40.1. The molecule has 0 fully saturated rings. The highest BCUT2D eigenvalue weighted by Crippen LogP contribution is 2.43. The van der Waals surface area contributed by atoms with E-state index in [4.69, 9.17) is 0 Å². The van der Waals surface area contributed by atoms with Crippen molar-refractivity contribution >= 4 is 24.1 Å². The fourth-order valence-corrected chi connectivity index (χ4v) is 4.91. The number of pyridine rings is 1. The Morgan fingerprint density at radius 2 is 2.12 bits per heavy atom. The summed E-state index contributed by atoms with van der Waals surface area (Å²) >= 11 is 1.72. The summed E-state index contributed by atoms with van der Waals surface area (Å²) in [6.45, 7) is 0. The van der Waals surface area contributed by atoms with Crippen molar-refractivity contribution in [3.8, 4) is 11.3 Å². The first kappa shape index (κ1) is 15.9. The summed E-state index contributed by atoms with van der Waals surface area (Å²) in [7, 11) is 0. The average molecular weight is 377 g/mol. The number of rotatable bonds is 1. The Hall–Kier alpha value is -2.29. The van der Waals surface area contributed by atoms with Gasteiger partial charge in [-0.25, -0.2) is 4.98 Å². The van der Waals surface area contributed by atoms with E-state index in [-0.39, 0.29) is 17.5 Å². The van der Waals surface area contributed by atoms with Gasteiger partial charge in [0.2, 0.25) is 0 Å². The molecule has 2 atom stereocenters. The van der Waals surface area contributed by atoms with Gasteiger partial charge in [0, 0.05) is 24.1 Å². The van der Waals surface area contributed by atoms with Gasteiger partial charge in [0.15, 0.2) is 5.69 Å². The lowest BCUT2D eigenvalue weighted by Crippen LogP contribution is -2.29. The number of aromatic nitrogens is 3. The van der Waals surface area contributed by atoms with Crippen LogP contribution < -0.4 is 5.43 Å². The zero-order valence-electron chi connectivity index (χ0n) is 13.5. The Kier molecular flexibility index (Phi) is 3.43. The molecule has 2 aromatic heterocycles. The van der Waals surface area contributed by atoms with Gasteiger partial charge < -0.3 is 5.43 Å². The molecule has 134 valence electrons. The molecule has 5 rings (SSSR count). The first-order valence-electron chi connectivity index (χ1n) is 8.25. The minimum Gasteiger partial charge on any atom is -0.302 e. The minimum atomic E-state index is -4.52. The molecular formula is C17H14F3N5S. The van der Waals surface area contributed by atoms with Crippen LogP contribution in [-0.4, -0.2) is 33.2 Å². The fraction of sp³-hybridized carbons (Fsp3) is 0.353. The Bertz CT molecular complexity index is 947. The van der Waals surface area contributed by atoms with Crippen LogP contribution in [0.15, 0.2) is 17.4 Å². The van der Waals surface area contributed by atoms with Crippen molar-refractivity contribution in [3.05, 3.63) is 40.4 Å². The van der Waals surface area contributed by atoms with E-state index in [1.54, 1.807) is 11.8 Å². The molecule has 0 radical (unpaired) electrons. The first-order chi connectivity index (χ1) is 12.5. The molecule has 5 nitrogen and oxygen atoms in total. The minimum absolute atomic E-state index is 0.0211. The molecule has 1 aliphatic carbocycles. The largest absolute Gasteiger partial charge is 0.435 e. The predicted molar refractivity (Wildman–Crippen MR) is 93.9 cm³/mol. The normalized spacial score (nSPS) is 23.3. The van der Waals surface area contributed by atoms with Gasteiger partial charge in [-0.3, -0.25) is 5.10 Å². The van der Waals surface area contributed by atoms with E-state index in [9.17, 15) is 13.2 Å². The number of nitrogens with zero attached hydrogens (tertiary/aromatic N) is 3. The smallest absolute Gasteiger partial charge is 0.302 e. The maximum Gasteiger partial charge on any atom is 0.435 e. The second-order valence-corrected chi connectivity index (χ2v) is 7.59. The monoisotopic (exact) mass is 377 g/mol. The summed E-state index contributed by atoms with van der Waals surface area (Å²) in [4.78, 5) is 4.65. The molecule has 3 aliphatic rings. The van der Waals surface area contributed by atoms with E-state index in [0.29, 0.717) is 11.4 Å². The summed E-state index contributed by atoms with van der Waals surface area (Å²) in [6.07, 6.45) is 3.32. The van der Waals surface area contributed by atoms with Gasteiger partial charge in [0.05, 0.1) is 23.0 Å². The predicted octanol–water partition coefficient (Wildman–Crippen LogP) is 3.35. The van der Waals surface area contributed by atoms with Gasteiger partial charge in [-0.05, 0) is 34.9 Å². The number of thioether (sulfide) groups is 1. The highest BCUT2D eigenvalue weighted by molar-refractivity contribution is 7.98. The Morgan fingerprint density at radius 1 is 1.23 bits per heavy atom. The van der Waals surface area contributed by atoms with Gasteiger partial charge in [0.1, 0.15) is 0 Å². The van der Waals surface area contributed by atoms with Crippen LogP contribution in [0.3, 0.4) is 0 Å². The van der Waals surface area contributed by atoms with Gasteiger partial charge in [-0.1, -0.05) is 6.08 Å². The molecule has 26 heavy (non-hydrogen) atoms. The van der Waals surface area contributed by atoms with E-state index < -0.39 is 11.9 Å². The number of aromatic amines is 1. The number of hydrogen-bond acceptors (Lipinski definition) is 5. The third-order valence-corrected chi connectivity index (χ3v) is 6.02. The zero-order chi connectivity index (χ0) is 17.9. The van der Waals surface area contributed by atoms with Crippen molar-refractivity contribution in [3.63, 3.8) is 0 Å². The van der Waals surface area contributed by atoms with Crippen molar-refractivity contribution in [2.75, 3.05) is 5.75 Å². The van der Waals surface area contributed by atoms with E-state index in [1.165, 1.54) is 6.20 Å². The van der Waals surface area contributed by atoms with Crippen LogP contribution in [0.4, 0.5) is 13.2 Å². The summed E-state index contributed by atoms with van der Waals surface area (Å²) in [5.41, 5.74) is 6.40. The maximum absolute atomic E-state index is 13.4. The zero-order valence-corrected chi connectivity index (χ0v) is 14.3. The molecule has 9 heteroatoms. The maximum atomic E-state index is 13.4. The Labute approximate surface area is 151 Å². The molecule has 0 saturated carbocycles. The molecule has 4 heterocycles. The molecule has 0 spiro atoms. The van der Waals surface area contributed by atoms with Gasteiger partial charge in [0.25, 0.3) is 0 Å². The third kappa shape index (κ3) is 2.29. The van der Waals surface area contributed by atoms with Crippen LogP contribution in [0.25, 0.3) is 17.3 Å². The highest BCUT2D eigenvalue weighted by Gasteiger charge is 2.39. The van der Waals surface area contributed by atoms with Crippen molar-refractivity contribution in [1.82, 2.24) is 20.6 Å². The topological polar surface area (TPSA) is 66.0 Å². The van der Waals surface area contributed by atoms with Crippen molar-refractivity contribution < 1.29 is 13.2 Å². The van der Waals surface area contributed by atoms with Crippen molar-refractivity contribution in [2.24, 2.45) is 5.10 Å². The van der Waals surface area contributed by atoms with Crippen LogP contribution in [0.2, 0.25) is 0 Å². The van der Waals surface area contributed by atoms with Crippen LogP contribution in [0, 0.1) is 0 Å². The lowest BCUT2D eigenvalue weighted by atomic mass is 9.81. The van der Waals surface area contributed by atoms with E-state index >= 15 is 0 Å². The van der Waals surface area contributed by atoms with Gasteiger partial charge in [-0.15, -0.1) is 0 Å². The van der Waals surface area contributed by atoms with E-state index in [1.807, 2.05) is 18.4 Å². The number of fused-ring (bicyclic) bond motifs is 5. The molecular weight excluding hydrogens is 363 g/mol. The third-order valence-electron chi connectivity index (χ3n) is 5.03. The summed E-state index contributed by atoms with van der Waals surface area (Å²) in [6, 6.07) is 0.0912. The standard InChI is InChI=1S/C17H14F3N5S/c18-17(19,20)16-10(6-22-25-16)15-11-7-26-4-3-8(11)14-9-5-21-24-12(9)1-2-13(14)23-15/h1-2,5-6,9,12,24H,3-4,7H2,(H,22,25). The second-order valence-electron chi connectivity index (χ2n) is 6.48. The van der Waals surface area contributed by atoms with E-state index in [2.05, 4.69) is 25.7 Å². The molecule has 0 amide bonds. The number of H-pyrrole nitrogens is 1. The van der Waals surface area contributed by atoms with Crippen molar-refractivity contribution in [2.45, 2.75) is 30.3 Å². The molecule has 0 saturated heterocycles. The first-order valence-corrected chi connectivity index (χ1v) is 9.41. The molecule has 2 aliphatic heterocycles. The Balaban J connectivity index is 1.76. The second kappa shape index (κ2) is 5.60. The molecule has 2 unspecified atom stereocenters. The van der Waals surface area contributed by atoms with Crippen LogP contribution >= 0.6 is 11.8 Å². The molecule has 0 aromatic carbocycles. The van der Waals surface area contributed by atoms with Crippen LogP contribution in [0.5, 0.6) is 0 Å². The van der Waals surface area contributed by atoms with E-state index in [0.717, 1.165) is 34.6 Å². The molecule has 0 bridgehead atoms. The van der Waals surface area contributed by atoms with Crippen molar-refractivity contribution in [1.29, 1.82) is 0 Å². The lowest BCUT2D eigenvalue weighted by Gasteiger charge is -2.29. The van der Waals surface area contributed by atoms with Gasteiger partial charge in [-0.2, -0.15) is 35.1 Å². The number of hydrogen-bond donors (Lipinski definition) is 2. The lowest BCUT2D eigenvalue weighted by molar-refractivity contribution is -0.140. The molecule has 2 aromatic rings. The fourth-order valence-electron chi connectivity index (χ4n) is 3.90. The molecule has 2 N–H and O–H groups in total. The van der Waals surface area contributed by atoms with Crippen LogP contribution in [0.1, 0.15) is 34.0 Å². The summed E-state index contributed by atoms with van der Waals surface area (Å²) in [5.74, 6) is 1.69. The number of nitrogens with one attached hydrogen (secondary N) is 2. The average Bonchev–Trinajstić information content (AvgIpc) is 3.29. The number of hydrazone groups is 1. The highest BCUT2D eigenvalue weighted by atomic mass is 32.2. The van der Waals surface area contributed by atoms with Gasteiger partial charge >= 0.3 is 6.18 Å². The number of alkyl halides is 3. The summed E-state index contributed by atoms with van der Waals surface area (Å²) in [5, 5.41) is 9.96. The number of halogens is 3. The Morgan fingerprint density at radius 3 is 2.96 bits per heavy atom. The SMILES string of the molecule is FC(F)(F)c1n[nH]cc1-c1nc2c(c3c1CSCC3)C1C=NNC1C=C2. The quantitative estimate of drug-likeness (QED) is 0.800. The van der Waals surface area contributed by atoms with Crippen LogP contribution in [-0.2, 0) is 18.3 Å².